The number of aromatic nitrogens is 1. The second-order valence-corrected chi connectivity index (χ2v) is 12.1. The van der Waals surface area contributed by atoms with Crippen molar-refractivity contribution in [1.29, 1.82) is 0 Å². The van der Waals surface area contributed by atoms with Crippen LogP contribution in [0.3, 0.4) is 0 Å². The van der Waals surface area contributed by atoms with Crippen molar-refractivity contribution in [2.45, 2.75) is 22.7 Å². The number of imide groups is 1. The molecule has 2 fully saturated rings. The van der Waals surface area contributed by atoms with E-state index >= 15 is 0 Å². The van der Waals surface area contributed by atoms with Crippen molar-refractivity contribution >= 4 is 62.4 Å². The van der Waals surface area contributed by atoms with Crippen LogP contribution in [-0.4, -0.2) is 58.7 Å². The molecule has 3 atom stereocenters. The quantitative estimate of drug-likeness (QED) is 0.427. The second-order valence-electron chi connectivity index (χ2n) is 9.06. The highest BCUT2D eigenvalue weighted by molar-refractivity contribution is 9.10. The molecule has 0 aliphatic carbocycles. The molecule has 4 heterocycles. The summed E-state index contributed by atoms with van der Waals surface area (Å²) in [5.74, 6) is -1.86. The Bertz CT molecular complexity index is 1430. The Morgan fingerprint density at radius 1 is 0.973 bits per heavy atom. The van der Waals surface area contributed by atoms with Crippen molar-refractivity contribution in [2.24, 2.45) is 5.92 Å². The molecule has 3 aliphatic heterocycles. The first-order valence-corrected chi connectivity index (χ1v) is 14.4. The van der Waals surface area contributed by atoms with Gasteiger partial charge in [0, 0.05) is 28.4 Å². The van der Waals surface area contributed by atoms with Gasteiger partial charge >= 0.3 is 4.87 Å². The fraction of sp³-hybridized carbons (Fsp3) is 0.308. The number of fused-ring (bicyclic) bond motifs is 2. The van der Waals surface area contributed by atoms with Crippen LogP contribution in [0.1, 0.15) is 16.4 Å². The minimum absolute atomic E-state index is 0.102. The van der Waals surface area contributed by atoms with Crippen LogP contribution in [0.4, 0.5) is 5.69 Å². The molecule has 11 heteroatoms. The van der Waals surface area contributed by atoms with Crippen LogP contribution in [0.2, 0.25) is 0 Å². The van der Waals surface area contributed by atoms with E-state index in [9.17, 15) is 19.2 Å². The molecule has 0 bridgehead atoms. The summed E-state index contributed by atoms with van der Waals surface area (Å²) in [5, 5.41) is -0.0990. The molecule has 0 radical (unpaired) electrons. The normalized spacial score (nSPS) is 23.2. The highest BCUT2D eigenvalue weighted by Gasteiger charge is 2.56. The maximum absolute atomic E-state index is 13.8. The monoisotopic (exact) mass is 599 g/mol. The van der Waals surface area contributed by atoms with E-state index in [-0.39, 0.29) is 29.1 Å². The van der Waals surface area contributed by atoms with Crippen molar-refractivity contribution in [3.63, 3.8) is 0 Å². The van der Waals surface area contributed by atoms with Gasteiger partial charge in [0.05, 0.1) is 29.8 Å². The Morgan fingerprint density at radius 3 is 2.38 bits per heavy atom. The Balaban J connectivity index is 1.42. The van der Waals surface area contributed by atoms with Gasteiger partial charge in [-0.05, 0) is 29.8 Å². The van der Waals surface area contributed by atoms with Crippen LogP contribution >= 0.6 is 39.0 Å². The molecule has 37 heavy (non-hydrogen) atoms. The number of halogens is 1. The highest BCUT2D eigenvalue weighted by Crippen LogP contribution is 2.53. The van der Waals surface area contributed by atoms with Crippen LogP contribution < -0.4 is 9.77 Å². The average molecular weight is 601 g/mol. The molecule has 0 spiro atoms. The van der Waals surface area contributed by atoms with Gasteiger partial charge < -0.3 is 9.64 Å². The predicted octanol–water partition coefficient (Wildman–Crippen LogP) is 3.33. The number of morpholine rings is 1. The van der Waals surface area contributed by atoms with Gasteiger partial charge in [-0.15, -0.1) is 0 Å². The van der Waals surface area contributed by atoms with E-state index in [2.05, 4.69) is 15.9 Å². The second kappa shape index (κ2) is 9.86. The molecular weight excluding hydrogens is 578 g/mol. The largest absolute Gasteiger partial charge is 0.378 e. The molecule has 8 nitrogen and oxygen atoms in total. The number of benzene rings is 2. The highest BCUT2D eigenvalue weighted by atomic mass is 79.9. The summed E-state index contributed by atoms with van der Waals surface area (Å²) in [6.07, 6.45) is 0. The van der Waals surface area contributed by atoms with Gasteiger partial charge in [-0.1, -0.05) is 69.4 Å². The zero-order valence-electron chi connectivity index (χ0n) is 19.5. The summed E-state index contributed by atoms with van der Waals surface area (Å²) in [4.78, 5) is 57.2. The third kappa shape index (κ3) is 4.27. The Morgan fingerprint density at radius 2 is 1.68 bits per heavy atom. The van der Waals surface area contributed by atoms with E-state index in [4.69, 9.17) is 4.74 Å². The Kier molecular flexibility index (Phi) is 6.56. The third-order valence-corrected chi connectivity index (χ3v) is 10.1. The number of hydrogen-bond donors (Lipinski definition) is 0. The Hall–Kier alpha value is -2.73. The number of ether oxygens (including phenoxy) is 1. The number of nitrogens with zero attached hydrogens (tertiary/aromatic N) is 3. The van der Waals surface area contributed by atoms with Gasteiger partial charge in [0.15, 0.2) is 0 Å². The van der Waals surface area contributed by atoms with Crippen molar-refractivity contribution in [1.82, 2.24) is 9.47 Å². The van der Waals surface area contributed by atoms with Gasteiger partial charge in [-0.25, -0.2) is 4.90 Å². The first-order chi connectivity index (χ1) is 17.9. The van der Waals surface area contributed by atoms with E-state index < -0.39 is 17.1 Å². The molecule has 0 saturated carbocycles. The molecule has 3 amide bonds. The van der Waals surface area contributed by atoms with Crippen molar-refractivity contribution in [3.8, 4) is 0 Å². The van der Waals surface area contributed by atoms with Crippen LogP contribution in [-0.2, 0) is 25.7 Å². The van der Waals surface area contributed by atoms with Crippen LogP contribution in [0.15, 0.2) is 68.9 Å². The zero-order chi connectivity index (χ0) is 25.7. The summed E-state index contributed by atoms with van der Waals surface area (Å²) in [7, 11) is 0. The lowest BCUT2D eigenvalue weighted by Gasteiger charge is -2.31. The number of amides is 3. The maximum Gasteiger partial charge on any atom is 0.308 e. The summed E-state index contributed by atoms with van der Waals surface area (Å²) in [6, 6.07) is 16.6. The van der Waals surface area contributed by atoms with E-state index in [0.717, 1.165) is 26.3 Å². The number of anilines is 1. The molecule has 6 rings (SSSR count). The molecule has 2 aromatic carbocycles. The van der Waals surface area contributed by atoms with E-state index in [1.807, 2.05) is 30.3 Å². The molecule has 0 unspecified atom stereocenters. The zero-order valence-corrected chi connectivity index (χ0v) is 22.8. The van der Waals surface area contributed by atoms with Crippen LogP contribution in [0.25, 0.3) is 0 Å². The van der Waals surface area contributed by atoms with Crippen molar-refractivity contribution in [3.05, 3.63) is 79.2 Å². The SMILES string of the molecule is O=C(Cn1c2c(sc1=O)[C@@H](c1ccccc1)[C@@H]1C(=O)N(c3ccc(Br)cc3)C(=O)[C@@H]1S2)N1CCOCC1. The fourth-order valence-electron chi connectivity index (χ4n) is 5.17. The molecule has 1 aromatic heterocycles. The summed E-state index contributed by atoms with van der Waals surface area (Å²) in [5.41, 5.74) is 1.38. The third-order valence-electron chi connectivity index (χ3n) is 6.95. The number of thioether (sulfide) groups is 1. The van der Waals surface area contributed by atoms with Crippen molar-refractivity contribution < 1.29 is 19.1 Å². The van der Waals surface area contributed by atoms with Gasteiger partial charge in [0.1, 0.15) is 11.8 Å². The van der Waals surface area contributed by atoms with Crippen LogP contribution in [0.5, 0.6) is 0 Å². The molecule has 190 valence electrons. The number of hydrogen-bond acceptors (Lipinski definition) is 7. The van der Waals surface area contributed by atoms with E-state index in [1.165, 1.54) is 21.2 Å². The topological polar surface area (TPSA) is 88.9 Å². The Labute approximate surface area is 229 Å². The first kappa shape index (κ1) is 24.6. The van der Waals surface area contributed by atoms with Gasteiger partial charge in [0.2, 0.25) is 17.7 Å². The summed E-state index contributed by atoms with van der Waals surface area (Å²) in [6.45, 7) is 1.81. The molecule has 3 aliphatic rings. The number of thiazole rings is 1. The van der Waals surface area contributed by atoms with Gasteiger partial charge in [0.25, 0.3) is 0 Å². The molecule has 3 aromatic rings. The number of rotatable bonds is 4. The lowest BCUT2D eigenvalue weighted by Crippen LogP contribution is -2.43. The van der Waals surface area contributed by atoms with E-state index in [1.54, 1.807) is 29.2 Å². The number of carbonyl (C=O) groups is 3. The standard InChI is InChI=1S/C26H22BrN3O5S2/c27-16-6-8-17(9-7-16)30-23(32)20-19(15-4-2-1-3-5-15)22-25(36-21(20)24(30)33)29(26(34)37-22)14-18(31)28-10-12-35-13-11-28/h1-9,19-21H,10-14H2/t19-,20-,21+/m0/s1. The first-order valence-electron chi connectivity index (χ1n) is 11.9. The van der Waals surface area contributed by atoms with Crippen LogP contribution in [0, 0.1) is 5.92 Å². The lowest BCUT2D eigenvalue weighted by atomic mass is 9.83. The predicted molar refractivity (Wildman–Crippen MR) is 144 cm³/mol. The van der Waals surface area contributed by atoms with Crippen molar-refractivity contribution in [2.75, 3.05) is 31.2 Å². The summed E-state index contributed by atoms with van der Waals surface area (Å²) < 4.78 is 7.67. The minimum atomic E-state index is -0.701. The molecule has 2 saturated heterocycles. The van der Waals surface area contributed by atoms with Gasteiger partial charge in [-0.3, -0.25) is 23.7 Å². The average Bonchev–Trinajstić information content (AvgIpc) is 3.36. The summed E-state index contributed by atoms with van der Waals surface area (Å²) >= 11 is 5.70. The maximum atomic E-state index is 13.8. The minimum Gasteiger partial charge on any atom is -0.378 e. The van der Waals surface area contributed by atoms with E-state index in [0.29, 0.717) is 37.0 Å². The number of carbonyl (C=O) groups excluding carboxylic acids is 3. The molecule has 0 N–H and O–H groups in total. The molecular formula is C26H22BrN3O5S2. The van der Waals surface area contributed by atoms with Gasteiger partial charge in [-0.2, -0.15) is 0 Å². The lowest BCUT2D eigenvalue weighted by molar-refractivity contribution is -0.136. The fourth-order valence-corrected chi connectivity index (χ4v) is 8.21. The smallest absolute Gasteiger partial charge is 0.308 e.